The van der Waals surface area contributed by atoms with Gasteiger partial charge in [-0.25, -0.2) is 4.79 Å². The summed E-state index contributed by atoms with van der Waals surface area (Å²) in [4.78, 5) is 34.1. The van der Waals surface area contributed by atoms with Gasteiger partial charge in [-0.1, -0.05) is 13.0 Å². The molecule has 19 heavy (non-hydrogen) atoms. The molecule has 0 radical (unpaired) electrons. The van der Waals surface area contributed by atoms with Crippen LogP contribution >= 0.6 is 0 Å². The van der Waals surface area contributed by atoms with Crippen molar-refractivity contribution in [2.24, 2.45) is 0 Å². The first kappa shape index (κ1) is 14.9. The van der Waals surface area contributed by atoms with Crippen molar-refractivity contribution in [3.8, 4) is 0 Å². The van der Waals surface area contributed by atoms with E-state index in [0.717, 1.165) is 0 Å². The Kier molecular flexibility index (Phi) is 5.23. The van der Waals surface area contributed by atoms with Gasteiger partial charge in [0.05, 0.1) is 18.6 Å². The number of benzene rings is 1. The van der Waals surface area contributed by atoms with Gasteiger partial charge < -0.3 is 9.84 Å². The van der Waals surface area contributed by atoms with Crippen molar-refractivity contribution in [1.29, 1.82) is 0 Å². The molecule has 1 aromatic carbocycles. The van der Waals surface area contributed by atoms with E-state index in [1.807, 2.05) is 0 Å². The number of carbonyl (C=O) groups is 3. The van der Waals surface area contributed by atoms with Gasteiger partial charge in [0.1, 0.15) is 0 Å². The Balaban J connectivity index is 3.18. The molecule has 0 saturated heterocycles. The van der Waals surface area contributed by atoms with Gasteiger partial charge >= 0.3 is 11.9 Å². The average molecular weight is 264 g/mol. The number of carboxylic acids is 1. The van der Waals surface area contributed by atoms with Gasteiger partial charge in [0.2, 0.25) is 0 Å². The van der Waals surface area contributed by atoms with Crippen molar-refractivity contribution in [2.75, 3.05) is 6.61 Å². The minimum Gasteiger partial charge on any atom is -0.481 e. The van der Waals surface area contributed by atoms with Crippen LogP contribution in [0.15, 0.2) is 18.2 Å². The second-order valence-electron chi connectivity index (χ2n) is 3.94. The highest BCUT2D eigenvalue weighted by molar-refractivity contribution is 5.99. The Morgan fingerprint density at radius 3 is 2.42 bits per heavy atom. The number of Topliss-reactive ketones (excluding diaryl/α,β-unsaturated/α-hetero) is 1. The molecule has 0 heterocycles. The minimum atomic E-state index is -1.05. The molecule has 5 nitrogen and oxygen atoms in total. The van der Waals surface area contributed by atoms with Gasteiger partial charge in [0, 0.05) is 12.0 Å². The second-order valence-corrected chi connectivity index (χ2v) is 3.94. The molecule has 0 bridgehead atoms. The molecule has 1 aromatic rings. The van der Waals surface area contributed by atoms with E-state index >= 15 is 0 Å². The van der Waals surface area contributed by atoms with Crippen molar-refractivity contribution in [2.45, 2.75) is 26.7 Å². The third kappa shape index (κ3) is 3.91. The van der Waals surface area contributed by atoms with Crippen molar-refractivity contribution < 1.29 is 24.2 Å². The van der Waals surface area contributed by atoms with Crippen LogP contribution < -0.4 is 0 Å². The Morgan fingerprint density at radius 2 is 1.89 bits per heavy atom. The molecule has 0 aliphatic carbocycles. The molecule has 0 aliphatic heterocycles. The lowest BCUT2D eigenvalue weighted by molar-refractivity contribution is -0.136. The predicted octanol–water partition coefficient (Wildman–Crippen LogP) is 2.08. The number of hydrogen-bond acceptors (Lipinski definition) is 4. The third-order valence-corrected chi connectivity index (χ3v) is 2.58. The van der Waals surface area contributed by atoms with E-state index < -0.39 is 11.9 Å². The number of ether oxygens (including phenoxy) is 1. The number of esters is 1. The van der Waals surface area contributed by atoms with Gasteiger partial charge in [-0.15, -0.1) is 0 Å². The summed E-state index contributed by atoms with van der Waals surface area (Å²) in [6.07, 6.45) is -0.0142. The minimum absolute atomic E-state index is 0.147. The standard InChI is InChI=1S/C14H16O5/c1-3-12(15)11-6-5-9(14(18)19-4-2)7-10(11)8-13(16)17/h5-7H,3-4,8H2,1-2H3,(H,16,17). The lowest BCUT2D eigenvalue weighted by Crippen LogP contribution is -2.11. The Labute approximate surface area is 111 Å². The zero-order chi connectivity index (χ0) is 14.4. The summed E-state index contributed by atoms with van der Waals surface area (Å²) < 4.78 is 4.84. The number of hydrogen-bond donors (Lipinski definition) is 1. The molecule has 0 amide bonds. The molecule has 5 heteroatoms. The number of rotatable bonds is 6. The number of ketones is 1. The smallest absolute Gasteiger partial charge is 0.338 e. The van der Waals surface area contributed by atoms with E-state index in [1.54, 1.807) is 13.8 Å². The largest absolute Gasteiger partial charge is 0.481 e. The summed E-state index contributed by atoms with van der Waals surface area (Å²) in [6, 6.07) is 4.37. The lowest BCUT2D eigenvalue weighted by atomic mass is 9.97. The normalized spacial score (nSPS) is 10.0. The maximum Gasteiger partial charge on any atom is 0.338 e. The zero-order valence-corrected chi connectivity index (χ0v) is 10.9. The van der Waals surface area contributed by atoms with Crippen LogP contribution in [-0.4, -0.2) is 29.4 Å². The van der Waals surface area contributed by atoms with E-state index in [-0.39, 0.29) is 30.8 Å². The summed E-state index contributed by atoms with van der Waals surface area (Å²) in [5.41, 5.74) is 0.939. The number of carboxylic acid groups (broad SMARTS) is 1. The summed E-state index contributed by atoms with van der Waals surface area (Å²) >= 11 is 0. The highest BCUT2D eigenvalue weighted by Crippen LogP contribution is 2.16. The summed E-state index contributed by atoms with van der Waals surface area (Å²) in [6.45, 7) is 3.62. The lowest BCUT2D eigenvalue weighted by Gasteiger charge is -2.08. The van der Waals surface area contributed by atoms with Crippen molar-refractivity contribution in [3.05, 3.63) is 34.9 Å². The Bertz CT molecular complexity index is 505. The van der Waals surface area contributed by atoms with Crippen molar-refractivity contribution in [1.82, 2.24) is 0 Å². The maximum absolute atomic E-state index is 11.7. The van der Waals surface area contributed by atoms with Gasteiger partial charge in [-0.2, -0.15) is 0 Å². The predicted molar refractivity (Wildman–Crippen MR) is 68.4 cm³/mol. The second kappa shape index (κ2) is 6.68. The summed E-state index contributed by atoms with van der Waals surface area (Å²) in [7, 11) is 0. The summed E-state index contributed by atoms with van der Waals surface area (Å²) in [5, 5.41) is 8.85. The van der Waals surface area contributed by atoms with E-state index in [0.29, 0.717) is 11.1 Å². The van der Waals surface area contributed by atoms with Crippen LogP contribution in [0.1, 0.15) is 46.5 Å². The third-order valence-electron chi connectivity index (χ3n) is 2.58. The van der Waals surface area contributed by atoms with E-state index in [4.69, 9.17) is 9.84 Å². The SMILES string of the molecule is CCOC(=O)c1ccc(C(=O)CC)c(CC(=O)O)c1. The monoisotopic (exact) mass is 264 g/mol. The fourth-order valence-electron chi connectivity index (χ4n) is 1.71. The Hall–Kier alpha value is -2.17. The quantitative estimate of drug-likeness (QED) is 0.628. The number of carbonyl (C=O) groups excluding carboxylic acids is 2. The first-order chi connectivity index (χ1) is 8.99. The van der Waals surface area contributed by atoms with Crippen LogP contribution in [0.2, 0.25) is 0 Å². The number of aliphatic carboxylic acids is 1. The van der Waals surface area contributed by atoms with Gasteiger partial charge in [-0.3, -0.25) is 9.59 Å². The maximum atomic E-state index is 11.7. The molecule has 0 aromatic heterocycles. The van der Waals surface area contributed by atoms with Crippen molar-refractivity contribution >= 4 is 17.7 Å². The van der Waals surface area contributed by atoms with E-state index in [2.05, 4.69) is 0 Å². The van der Waals surface area contributed by atoms with E-state index in [9.17, 15) is 14.4 Å². The molecular weight excluding hydrogens is 248 g/mol. The first-order valence-electron chi connectivity index (χ1n) is 6.04. The molecule has 0 atom stereocenters. The van der Waals surface area contributed by atoms with Crippen LogP contribution in [0, 0.1) is 0 Å². The molecule has 102 valence electrons. The molecule has 0 spiro atoms. The summed E-state index contributed by atoms with van der Waals surface area (Å²) in [5.74, 6) is -1.72. The van der Waals surface area contributed by atoms with E-state index in [1.165, 1.54) is 18.2 Å². The molecule has 0 aliphatic rings. The molecule has 1 rings (SSSR count). The topological polar surface area (TPSA) is 80.7 Å². The molecule has 1 N–H and O–H groups in total. The van der Waals surface area contributed by atoms with Crippen molar-refractivity contribution in [3.63, 3.8) is 0 Å². The van der Waals surface area contributed by atoms with Crippen LogP contribution in [0.5, 0.6) is 0 Å². The zero-order valence-electron chi connectivity index (χ0n) is 10.9. The molecule has 0 unspecified atom stereocenters. The van der Waals surface area contributed by atoms with Gasteiger partial charge in [0.25, 0.3) is 0 Å². The molecule has 0 fully saturated rings. The van der Waals surface area contributed by atoms with Crippen LogP contribution in [-0.2, 0) is 16.0 Å². The molecule has 0 saturated carbocycles. The van der Waals surface area contributed by atoms with Crippen LogP contribution in [0.4, 0.5) is 0 Å². The fraction of sp³-hybridized carbons (Fsp3) is 0.357. The van der Waals surface area contributed by atoms with Gasteiger partial charge in [-0.05, 0) is 24.6 Å². The molecular formula is C14H16O5. The van der Waals surface area contributed by atoms with Crippen LogP contribution in [0.3, 0.4) is 0 Å². The highest BCUT2D eigenvalue weighted by Gasteiger charge is 2.16. The van der Waals surface area contributed by atoms with Crippen LogP contribution in [0.25, 0.3) is 0 Å². The average Bonchev–Trinajstić information content (AvgIpc) is 2.37. The fourth-order valence-corrected chi connectivity index (χ4v) is 1.71. The van der Waals surface area contributed by atoms with Gasteiger partial charge in [0.15, 0.2) is 5.78 Å². The first-order valence-corrected chi connectivity index (χ1v) is 6.04. The Morgan fingerprint density at radius 1 is 1.21 bits per heavy atom. The highest BCUT2D eigenvalue weighted by atomic mass is 16.5.